The number of amides is 1. The minimum Gasteiger partial charge on any atom is -0.462 e. The Hall–Kier alpha value is -2.34. The molecule has 29 heavy (non-hydrogen) atoms. The SMILES string of the molecule is CCOC(=O)c1sc2nc(NC(=O)c3ccc(S(=O)(=O)N(C)C)cc3)sc2c1C. The summed E-state index contributed by atoms with van der Waals surface area (Å²) in [6.07, 6.45) is 0. The van der Waals surface area contributed by atoms with Crippen LogP contribution in [-0.4, -0.2) is 50.3 Å². The fourth-order valence-electron chi connectivity index (χ4n) is 2.49. The maximum Gasteiger partial charge on any atom is 0.348 e. The van der Waals surface area contributed by atoms with Gasteiger partial charge in [-0.05, 0) is 43.7 Å². The molecule has 0 saturated heterocycles. The van der Waals surface area contributed by atoms with Gasteiger partial charge in [0.2, 0.25) is 10.0 Å². The van der Waals surface area contributed by atoms with Gasteiger partial charge >= 0.3 is 5.97 Å². The van der Waals surface area contributed by atoms with E-state index in [0.717, 1.165) is 14.6 Å². The molecule has 0 spiro atoms. The molecule has 0 fully saturated rings. The van der Waals surface area contributed by atoms with Crippen LogP contribution in [0.4, 0.5) is 5.13 Å². The molecule has 0 bridgehead atoms. The summed E-state index contributed by atoms with van der Waals surface area (Å²) in [7, 11) is -0.666. The van der Waals surface area contributed by atoms with Crippen LogP contribution in [0.15, 0.2) is 29.2 Å². The number of thiophene rings is 1. The van der Waals surface area contributed by atoms with E-state index in [4.69, 9.17) is 4.74 Å². The quantitative estimate of drug-likeness (QED) is 0.574. The summed E-state index contributed by atoms with van der Waals surface area (Å²) in [6.45, 7) is 3.86. The molecule has 1 aromatic carbocycles. The van der Waals surface area contributed by atoms with Gasteiger partial charge in [-0.2, -0.15) is 0 Å². The number of benzene rings is 1. The van der Waals surface area contributed by atoms with Crippen LogP contribution in [0.1, 0.15) is 32.5 Å². The number of hydrogen-bond acceptors (Lipinski definition) is 8. The van der Waals surface area contributed by atoms with E-state index in [1.54, 1.807) is 6.92 Å². The second-order valence-electron chi connectivity index (χ2n) is 6.20. The number of aryl methyl sites for hydroxylation is 1. The molecule has 0 aliphatic carbocycles. The van der Waals surface area contributed by atoms with Crippen LogP contribution in [0.3, 0.4) is 0 Å². The fourth-order valence-corrected chi connectivity index (χ4v) is 5.60. The van der Waals surface area contributed by atoms with Crippen LogP contribution in [0.25, 0.3) is 9.53 Å². The van der Waals surface area contributed by atoms with Crippen molar-refractivity contribution in [3.05, 3.63) is 40.3 Å². The first-order chi connectivity index (χ1) is 13.6. The van der Waals surface area contributed by atoms with Gasteiger partial charge in [-0.15, -0.1) is 11.3 Å². The maximum atomic E-state index is 12.5. The number of thiazole rings is 1. The Morgan fingerprint density at radius 2 is 1.83 bits per heavy atom. The summed E-state index contributed by atoms with van der Waals surface area (Å²) in [5.74, 6) is -0.776. The Kier molecular flexibility index (Phi) is 6.03. The Bertz CT molecular complexity index is 1180. The third-order valence-corrected chi connectivity index (χ3v) is 8.27. The third kappa shape index (κ3) is 4.17. The van der Waals surface area contributed by atoms with Gasteiger partial charge in [0.15, 0.2) is 5.13 Å². The molecule has 8 nitrogen and oxygen atoms in total. The zero-order chi connectivity index (χ0) is 21.3. The number of rotatable bonds is 6. The summed E-state index contributed by atoms with van der Waals surface area (Å²) in [5.41, 5.74) is 1.09. The lowest BCUT2D eigenvalue weighted by molar-refractivity contribution is 0.0531. The number of nitrogens with zero attached hydrogens (tertiary/aromatic N) is 2. The van der Waals surface area contributed by atoms with Gasteiger partial charge in [-0.1, -0.05) is 11.3 Å². The zero-order valence-electron chi connectivity index (χ0n) is 16.2. The molecule has 3 aromatic rings. The van der Waals surface area contributed by atoms with Gasteiger partial charge in [-0.25, -0.2) is 22.5 Å². The lowest BCUT2D eigenvalue weighted by Gasteiger charge is -2.11. The Morgan fingerprint density at radius 1 is 1.17 bits per heavy atom. The molecule has 0 unspecified atom stereocenters. The first-order valence-electron chi connectivity index (χ1n) is 8.56. The molecule has 1 N–H and O–H groups in total. The first kappa shape index (κ1) is 21.4. The number of ether oxygens (including phenoxy) is 1. The minimum atomic E-state index is -3.55. The van der Waals surface area contributed by atoms with Gasteiger partial charge in [-0.3, -0.25) is 10.1 Å². The van der Waals surface area contributed by atoms with Crippen molar-refractivity contribution in [3.8, 4) is 0 Å². The van der Waals surface area contributed by atoms with Gasteiger partial charge in [0, 0.05) is 19.7 Å². The van der Waals surface area contributed by atoms with E-state index in [9.17, 15) is 18.0 Å². The van der Waals surface area contributed by atoms with Crippen LogP contribution >= 0.6 is 22.7 Å². The van der Waals surface area contributed by atoms with Gasteiger partial charge in [0.1, 0.15) is 9.71 Å². The summed E-state index contributed by atoms with van der Waals surface area (Å²) in [4.78, 5) is 30.1. The molecule has 1 amide bonds. The monoisotopic (exact) mass is 453 g/mol. The van der Waals surface area contributed by atoms with Crippen LogP contribution in [-0.2, 0) is 14.8 Å². The van der Waals surface area contributed by atoms with Crippen molar-refractivity contribution in [1.29, 1.82) is 0 Å². The molecule has 2 heterocycles. The highest BCUT2D eigenvalue weighted by atomic mass is 32.2. The minimum absolute atomic E-state index is 0.107. The van der Waals surface area contributed by atoms with Crippen LogP contribution in [0.5, 0.6) is 0 Å². The summed E-state index contributed by atoms with van der Waals surface area (Å²) < 4.78 is 31.2. The normalized spacial score (nSPS) is 11.8. The van der Waals surface area contributed by atoms with Crippen molar-refractivity contribution >= 4 is 59.2 Å². The molecule has 2 aromatic heterocycles. The number of nitrogens with one attached hydrogen (secondary N) is 1. The summed E-state index contributed by atoms with van der Waals surface area (Å²) in [5, 5.41) is 3.12. The number of esters is 1. The smallest absolute Gasteiger partial charge is 0.348 e. The van der Waals surface area contributed by atoms with Crippen LogP contribution in [0, 0.1) is 6.92 Å². The molecular formula is C18H19N3O5S3. The Morgan fingerprint density at radius 3 is 2.38 bits per heavy atom. The predicted octanol–water partition coefficient (Wildman–Crippen LogP) is 3.35. The van der Waals surface area contributed by atoms with E-state index in [1.807, 2.05) is 6.92 Å². The summed E-state index contributed by atoms with van der Waals surface area (Å²) in [6, 6.07) is 5.68. The highest BCUT2D eigenvalue weighted by Gasteiger charge is 2.21. The lowest BCUT2D eigenvalue weighted by atomic mass is 10.2. The number of carbonyl (C=O) groups excluding carboxylic acids is 2. The number of aromatic nitrogens is 1. The Balaban J connectivity index is 1.79. The van der Waals surface area contributed by atoms with Gasteiger partial charge in [0.25, 0.3) is 5.91 Å². The van der Waals surface area contributed by atoms with Gasteiger partial charge < -0.3 is 4.74 Å². The number of sulfonamides is 1. The molecule has 154 valence electrons. The molecular weight excluding hydrogens is 434 g/mol. The fraction of sp³-hybridized carbons (Fsp3) is 0.278. The van der Waals surface area contributed by atoms with Crippen molar-refractivity contribution in [2.24, 2.45) is 0 Å². The summed E-state index contributed by atoms with van der Waals surface area (Å²) >= 11 is 2.50. The third-order valence-electron chi connectivity index (χ3n) is 4.05. The van der Waals surface area contributed by atoms with E-state index < -0.39 is 15.9 Å². The lowest BCUT2D eigenvalue weighted by Crippen LogP contribution is -2.22. The molecule has 11 heteroatoms. The van der Waals surface area contributed by atoms with Crippen LogP contribution in [0.2, 0.25) is 0 Å². The highest BCUT2D eigenvalue weighted by Crippen LogP contribution is 2.37. The maximum absolute atomic E-state index is 12.5. The number of fused-ring (bicyclic) bond motifs is 1. The molecule has 0 saturated carbocycles. The van der Waals surface area contributed by atoms with E-state index in [0.29, 0.717) is 27.0 Å². The molecule has 0 aliphatic rings. The highest BCUT2D eigenvalue weighted by molar-refractivity contribution is 7.89. The molecule has 3 rings (SSSR count). The largest absolute Gasteiger partial charge is 0.462 e. The second-order valence-corrected chi connectivity index (χ2v) is 10.3. The molecule has 0 atom stereocenters. The zero-order valence-corrected chi connectivity index (χ0v) is 18.6. The standard InChI is InChI=1S/C18H19N3O5S3/c1-5-26-17(23)14-10(2)13-16(27-14)20-18(28-13)19-15(22)11-6-8-12(9-7-11)29(24,25)21(3)4/h6-9H,5H2,1-4H3,(H,19,20,22). The topological polar surface area (TPSA) is 106 Å². The molecule has 0 aliphatic heterocycles. The van der Waals surface area contributed by atoms with Crippen molar-refractivity contribution in [2.75, 3.05) is 26.0 Å². The van der Waals surface area contributed by atoms with Crippen molar-refractivity contribution in [3.63, 3.8) is 0 Å². The number of hydrogen-bond donors (Lipinski definition) is 1. The van der Waals surface area contributed by atoms with Crippen molar-refractivity contribution in [2.45, 2.75) is 18.7 Å². The number of carbonyl (C=O) groups is 2. The Labute approximate surface area is 176 Å². The van der Waals surface area contributed by atoms with E-state index in [-0.39, 0.29) is 10.9 Å². The van der Waals surface area contributed by atoms with Gasteiger partial charge in [0.05, 0.1) is 16.2 Å². The second kappa shape index (κ2) is 8.19. The van der Waals surface area contributed by atoms with E-state index in [1.165, 1.54) is 61.0 Å². The molecule has 0 radical (unpaired) electrons. The van der Waals surface area contributed by atoms with E-state index in [2.05, 4.69) is 10.3 Å². The number of anilines is 1. The van der Waals surface area contributed by atoms with E-state index >= 15 is 0 Å². The average molecular weight is 454 g/mol. The van der Waals surface area contributed by atoms with Crippen molar-refractivity contribution < 1.29 is 22.7 Å². The van der Waals surface area contributed by atoms with Crippen LogP contribution < -0.4 is 5.32 Å². The van der Waals surface area contributed by atoms with Crippen molar-refractivity contribution in [1.82, 2.24) is 9.29 Å². The average Bonchev–Trinajstić information content (AvgIpc) is 3.20. The predicted molar refractivity (Wildman–Crippen MR) is 113 cm³/mol. The first-order valence-corrected chi connectivity index (χ1v) is 11.6.